The fraction of sp³-hybridized carbons (Fsp3) is 0.357. The fourth-order valence-corrected chi connectivity index (χ4v) is 1.58. The molecule has 5 nitrogen and oxygen atoms in total. The highest BCUT2D eigenvalue weighted by atomic mass is 16.5. The standard InChI is InChI=1S/C14H18N4O/c1-3-8-19-13-9-11(2)17-14(18-13)16-10-12-4-6-15-7-5-12/h4-7,9H,3,8,10H2,1-2H3,(H,16,17,18). The third-order valence-corrected chi connectivity index (χ3v) is 2.48. The molecule has 0 aliphatic carbocycles. The fourth-order valence-electron chi connectivity index (χ4n) is 1.58. The van der Waals surface area contributed by atoms with Crippen LogP contribution in [0.15, 0.2) is 30.6 Å². The number of rotatable bonds is 6. The van der Waals surface area contributed by atoms with Crippen LogP contribution in [0.25, 0.3) is 0 Å². The Morgan fingerprint density at radius 2 is 2.00 bits per heavy atom. The van der Waals surface area contributed by atoms with Crippen LogP contribution in [-0.2, 0) is 6.54 Å². The third-order valence-electron chi connectivity index (χ3n) is 2.48. The van der Waals surface area contributed by atoms with Gasteiger partial charge >= 0.3 is 0 Å². The summed E-state index contributed by atoms with van der Waals surface area (Å²) >= 11 is 0. The molecule has 0 saturated carbocycles. The second-order valence-corrected chi connectivity index (χ2v) is 4.23. The number of ether oxygens (including phenoxy) is 1. The first-order chi connectivity index (χ1) is 9.28. The highest BCUT2D eigenvalue weighted by Crippen LogP contribution is 2.13. The van der Waals surface area contributed by atoms with Gasteiger partial charge in [0.2, 0.25) is 11.8 Å². The van der Waals surface area contributed by atoms with Crippen LogP contribution in [0.1, 0.15) is 24.6 Å². The average Bonchev–Trinajstić information content (AvgIpc) is 2.43. The van der Waals surface area contributed by atoms with Crippen molar-refractivity contribution in [2.75, 3.05) is 11.9 Å². The van der Waals surface area contributed by atoms with Gasteiger partial charge in [0.15, 0.2) is 0 Å². The van der Waals surface area contributed by atoms with Crippen LogP contribution in [0, 0.1) is 6.92 Å². The van der Waals surface area contributed by atoms with Crippen molar-refractivity contribution in [2.45, 2.75) is 26.8 Å². The topological polar surface area (TPSA) is 59.9 Å². The highest BCUT2D eigenvalue weighted by molar-refractivity contribution is 5.31. The third kappa shape index (κ3) is 4.21. The van der Waals surface area contributed by atoms with Gasteiger partial charge in [-0.15, -0.1) is 0 Å². The van der Waals surface area contributed by atoms with E-state index >= 15 is 0 Å². The second kappa shape index (κ2) is 6.68. The minimum atomic E-state index is 0.586. The molecule has 0 aliphatic rings. The number of hydrogen-bond acceptors (Lipinski definition) is 5. The molecule has 0 amide bonds. The molecule has 0 aromatic carbocycles. The van der Waals surface area contributed by atoms with Crippen molar-refractivity contribution in [1.82, 2.24) is 15.0 Å². The number of nitrogens with zero attached hydrogens (tertiary/aromatic N) is 3. The van der Waals surface area contributed by atoms with Crippen molar-refractivity contribution in [3.63, 3.8) is 0 Å². The maximum atomic E-state index is 5.53. The van der Waals surface area contributed by atoms with E-state index in [1.807, 2.05) is 25.1 Å². The number of aryl methyl sites for hydroxylation is 1. The lowest BCUT2D eigenvalue weighted by Gasteiger charge is -2.08. The molecule has 100 valence electrons. The molecular weight excluding hydrogens is 240 g/mol. The maximum Gasteiger partial charge on any atom is 0.226 e. The molecule has 0 bridgehead atoms. The molecule has 2 aromatic heterocycles. The number of aromatic nitrogens is 3. The van der Waals surface area contributed by atoms with Crippen molar-refractivity contribution in [1.29, 1.82) is 0 Å². The van der Waals surface area contributed by atoms with Crippen molar-refractivity contribution in [3.8, 4) is 5.88 Å². The van der Waals surface area contributed by atoms with Crippen LogP contribution in [-0.4, -0.2) is 21.6 Å². The number of hydrogen-bond donors (Lipinski definition) is 1. The summed E-state index contributed by atoms with van der Waals surface area (Å²) in [6, 6.07) is 5.75. The van der Waals surface area contributed by atoms with Crippen molar-refractivity contribution >= 4 is 5.95 Å². The quantitative estimate of drug-likeness (QED) is 0.863. The SMILES string of the molecule is CCCOc1cc(C)nc(NCc2ccncc2)n1. The first kappa shape index (κ1) is 13.3. The lowest BCUT2D eigenvalue weighted by Crippen LogP contribution is -2.06. The molecule has 2 heterocycles. The van der Waals surface area contributed by atoms with E-state index in [9.17, 15) is 0 Å². The van der Waals surface area contributed by atoms with E-state index in [1.165, 1.54) is 0 Å². The highest BCUT2D eigenvalue weighted by Gasteiger charge is 2.03. The molecule has 0 atom stereocenters. The molecule has 5 heteroatoms. The zero-order valence-electron chi connectivity index (χ0n) is 11.3. The predicted octanol–water partition coefficient (Wildman–Crippen LogP) is 2.58. The first-order valence-electron chi connectivity index (χ1n) is 6.39. The molecule has 0 unspecified atom stereocenters. The predicted molar refractivity (Wildman–Crippen MR) is 74.1 cm³/mol. The summed E-state index contributed by atoms with van der Waals surface area (Å²) in [6.07, 6.45) is 4.50. The van der Waals surface area contributed by atoms with Gasteiger partial charge in [0.05, 0.1) is 6.61 Å². The van der Waals surface area contributed by atoms with E-state index in [2.05, 4.69) is 27.2 Å². The summed E-state index contributed by atoms with van der Waals surface area (Å²) in [4.78, 5) is 12.6. The minimum absolute atomic E-state index is 0.586. The summed E-state index contributed by atoms with van der Waals surface area (Å²) in [5, 5.41) is 3.19. The van der Waals surface area contributed by atoms with Gasteiger partial charge in [0.25, 0.3) is 0 Å². The summed E-state index contributed by atoms with van der Waals surface area (Å²) in [7, 11) is 0. The van der Waals surface area contributed by atoms with Gasteiger partial charge in [-0.05, 0) is 31.0 Å². The van der Waals surface area contributed by atoms with Crippen LogP contribution in [0.3, 0.4) is 0 Å². The van der Waals surface area contributed by atoms with Crippen molar-refractivity contribution < 1.29 is 4.74 Å². The lowest BCUT2D eigenvalue weighted by atomic mass is 10.3. The molecule has 0 radical (unpaired) electrons. The molecule has 0 fully saturated rings. The van der Waals surface area contributed by atoms with E-state index < -0.39 is 0 Å². The molecule has 0 aliphatic heterocycles. The largest absolute Gasteiger partial charge is 0.478 e. The monoisotopic (exact) mass is 258 g/mol. The summed E-state index contributed by atoms with van der Waals surface area (Å²) in [6.45, 7) is 5.33. The molecule has 1 N–H and O–H groups in total. The van der Waals surface area contributed by atoms with Crippen molar-refractivity contribution in [2.24, 2.45) is 0 Å². The first-order valence-corrected chi connectivity index (χ1v) is 6.39. The normalized spacial score (nSPS) is 10.2. The Bertz CT molecular complexity index is 516. The van der Waals surface area contributed by atoms with Gasteiger partial charge in [0, 0.05) is 30.7 Å². The van der Waals surface area contributed by atoms with Gasteiger partial charge in [-0.25, -0.2) is 4.98 Å². The molecule has 0 spiro atoms. The number of anilines is 1. The second-order valence-electron chi connectivity index (χ2n) is 4.23. The van der Waals surface area contributed by atoms with Gasteiger partial charge in [0.1, 0.15) is 0 Å². The van der Waals surface area contributed by atoms with E-state index in [4.69, 9.17) is 4.74 Å². The molecule has 2 aromatic rings. The summed E-state index contributed by atoms with van der Waals surface area (Å²) in [5.41, 5.74) is 2.02. The average molecular weight is 258 g/mol. The van der Waals surface area contributed by atoms with Crippen LogP contribution >= 0.6 is 0 Å². The smallest absolute Gasteiger partial charge is 0.226 e. The van der Waals surface area contributed by atoms with Crippen LogP contribution < -0.4 is 10.1 Å². The van der Waals surface area contributed by atoms with Crippen molar-refractivity contribution in [3.05, 3.63) is 41.9 Å². The zero-order chi connectivity index (χ0) is 13.5. The van der Waals surface area contributed by atoms with Gasteiger partial charge in [-0.2, -0.15) is 4.98 Å². The van der Waals surface area contributed by atoms with Gasteiger partial charge < -0.3 is 10.1 Å². The summed E-state index contributed by atoms with van der Waals surface area (Å²) < 4.78 is 5.53. The Balaban J connectivity index is 2.01. The zero-order valence-corrected chi connectivity index (χ0v) is 11.3. The molecule has 19 heavy (non-hydrogen) atoms. The van der Waals surface area contributed by atoms with E-state index in [1.54, 1.807) is 12.4 Å². The Hall–Kier alpha value is -2.17. The molecule has 2 rings (SSSR count). The number of nitrogens with one attached hydrogen (secondary N) is 1. The minimum Gasteiger partial charge on any atom is -0.478 e. The summed E-state index contributed by atoms with van der Waals surface area (Å²) in [5.74, 6) is 1.20. The van der Waals surface area contributed by atoms with E-state index in [-0.39, 0.29) is 0 Å². The van der Waals surface area contributed by atoms with Gasteiger partial charge in [-0.3, -0.25) is 4.98 Å². The van der Waals surface area contributed by atoms with Crippen LogP contribution in [0.2, 0.25) is 0 Å². The maximum absolute atomic E-state index is 5.53. The molecular formula is C14H18N4O. The Morgan fingerprint density at radius 1 is 1.21 bits per heavy atom. The number of pyridine rings is 1. The van der Waals surface area contributed by atoms with E-state index in [0.29, 0.717) is 25.0 Å². The van der Waals surface area contributed by atoms with Crippen LogP contribution in [0.4, 0.5) is 5.95 Å². The lowest BCUT2D eigenvalue weighted by molar-refractivity contribution is 0.305. The van der Waals surface area contributed by atoms with Crippen LogP contribution in [0.5, 0.6) is 5.88 Å². The van der Waals surface area contributed by atoms with E-state index in [0.717, 1.165) is 17.7 Å². The van der Waals surface area contributed by atoms with Gasteiger partial charge in [-0.1, -0.05) is 6.92 Å². The Labute approximate surface area is 113 Å². The molecule has 0 saturated heterocycles. The Kier molecular flexibility index (Phi) is 4.66. The Morgan fingerprint density at radius 3 is 2.74 bits per heavy atom.